The lowest BCUT2D eigenvalue weighted by Crippen LogP contribution is -2.29. The molecule has 0 aliphatic rings. The Morgan fingerprint density at radius 3 is 2.45 bits per heavy atom. The lowest BCUT2D eigenvalue weighted by molar-refractivity contribution is -0.121. The van der Waals surface area contributed by atoms with Crippen LogP contribution >= 0.6 is 0 Å². The van der Waals surface area contributed by atoms with E-state index in [1.807, 2.05) is 43.3 Å². The average molecular weight is 420 g/mol. The highest BCUT2D eigenvalue weighted by molar-refractivity contribution is 5.79. The summed E-state index contributed by atoms with van der Waals surface area (Å²) >= 11 is 0. The Bertz CT molecular complexity index is 1330. The van der Waals surface area contributed by atoms with Gasteiger partial charge in [-0.1, -0.05) is 18.2 Å². The van der Waals surface area contributed by atoms with Crippen LogP contribution in [-0.2, 0) is 25.3 Å². The van der Waals surface area contributed by atoms with E-state index < -0.39 is 0 Å². The van der Waals surface area contributed by atoms with Crippen LogP contribution in [0.5, 0.6) is 0 Å². The fraction of sp³-hybridized carbons (Fsp3) is 0.375. The van der Waals surface area contributed by atoms with Gasteiger partial charge in [-0.3, -0.25) is 13.9 Å². The summed E-state index contributed by atoms with van der Waals surface area (Å²) in [4.78, 5) is 29.6. The number of carbonyl (C=O) groups is 1. The van der Waals surface area contributed by atoms with Crippen LogP contribution in [0, 0.1) is 0 Å². The van der Waals surface area contributed by atoms with Crippen molar-refractivity contribution in [1.29, 1.82) is 0 Å². The van der Waals surface area contributed by atoms with E-state index in [9.17, 15) is 9.59 Å². The Morgan fingerprint density at radius 1 is 1.00 bits per heavy atom. The normalized spacial score (nSPS) is 12.7. The second-order valence-electron chi connectivity index (χ2n) is 8.44. The molecule has 0 saturated carbocycles. The van der Waals surface area contributed by atoms with Gasteiger partial charge in [-0.2, -0.15) is 0 Å². The smallest absolute Gasteiger partial charge is 0.328 e. The molecule has 0 fully saturated rings. The van der Waals surface area contributed by atoms with E-state index in [0.717, 1.165) is 33.5 Å². The molecule has 1 amide bonds. The number of imidazole rings is 2. The van der Waals surface area contributed by atoms with Crippen molar-refractivity contribution in [3.05, 3.63) is 64.3 Å². The molecule has 0 radical (unpaired) electrons. The van der Waals surface area contributed by atoms with E-state index >= 15 is 0 Å². The van der Waals surface area contributed by atoms with E-state index in [0.29, 0.717) is 12.8 Å². The standard InChI is InChI=1S/C24H29N5O2/c1-15(2)29-19-9-7-6-8-18(19)26-23(29)16(3)25-22(30)13-11-17-10-12-20-21(14-17)28(5)24(31)27(20)4/h6-10,12,14-16H,11,13H2,1-5H3,(H,25,30)/t16-/m1/s1. The van der Waals surface area contributed by atoms with E-state index in [1.54, 1.807) is 23.2 Å². The number of benzene rings is 2. The number of fused-ring (bicyclic) bond motifs is 2. The highest BCUT2D eigenvalue weighted by Crippen LogP contribution is 2.25. The second kappa shape index (κ2) is 8.06. The molecule has 2 aromatic heterocycles. The van der Waals surface area contributed by atoms with Crippen molar-refractivity contribution in [3.63, 3.8) is 0 Å². The van der Waals surface area contributed by atoms with Gasteiger partial charge in [-0.05, 0) is 57.0 Å². The van der Waals surface area contributed by atoms with Crippen molar-refractivity contribution in [3.8, 4) is 0 Å². The monoisotopic (exact) mass is 419 g/mol. The molecule has 4 aromatic rings. The Hall–Kier alpha value is -3.35. The first kappa shape index (κ1) is 20.9. The molecule has 7 nitrogen and oxygen atoms in total. The van der Waals surface area contributed by atoms with E-state index in [2.05, 4.69) is 29.8 Å². The van der Waals surface area contributed by atoms with Crippen LogP contribution in [0.4, 0.5) is 0 Å². The summed E-state index contributed by atoms with van der Waals surface area (Å²) < 4.78 is 5.45. The van der Waals surface area contributed by atoms with Crippen molar-refractivity contribution in [2.45, 2.75) is 45.7 Å². The zero-order valence-corrected chi connectivity index (χ0v) is 18.7. The van der Waals surface area contributed by atoms with E-state index in [4.69, 9.17) is 4.98 Å². The molecule has 1 N–H and O–H groups in total. The summed E-state index contributed by atoms with van der Waals surface area (Å²) in [6.07, 6.45) is 0.983. The number of hydrogen-bond donors (Lipinski definition) is 1. The fourth-order valence-corrected chi connectivity index (χ4v) is 4.26. The van der Waals surface area contributed by atoms with Gasteiger partial charge >= 0.3 is 5.69 Å². The summed E-state index contributed by atoms with van der Waals surface area (Å²) in [5.41, 5.74) is 4.77. The van der Waals surface area contributed by atoms with Crippen LogP contribution in [0.3, 0.4) is 0 Å². The number of aromatic nitrogens is 4. The fourth-order valence-electron chi connectivity index (χ4n) is 4.26. The highest BCUT2D eigenvalue weighted by atomic mass is 16.2. The number of rotatable bonds is 6. The molecule has 2 aromatic carbocycles. The molecule has 162 valence electrons. The third-order valence-electron chi connectivity index (χ3n) is 5.88. The quantitative estimate of drug-likeness (QED) is 0.519. The van der Waals surface area contributed by atoms with Gasteiger partial charge in [0.15, 0.2) is 0 Å². The first-order chi connectivity index (χ1) is 14.8. The lowest BCUT2D eigenvalue weighted by atomic mass is 10.1. The van der Waals surface area contributed by atoms with Crippen molar-refractivity contribution in [1.82, 2.24) is 24.0 Å². The second-order valence-corrected chi connectivity index (χ2v) is 8.44. The van der Waals surface area contributed by atoms with Gasteiger partial charge in [0, 0.05) is 26.6 Å². The summed E-state index contributed by atoms with van der Waals surface area (Å²) in [6, 6.07) is 14.0. The molecule has 31 heavy (non-hydrogen) atoms. The molecule has 0 aliphatic carbocycles. The molecule has 0 aliphatic heterocycles. The van der Waals surface area contributed by atoms with Crippen LogP contribution < -0.4 is 11.0 Å². The van der Waals surface area contributed by atoms with E-state index in [-0.39, 0.29) is 23.7 Å². The Morgan fingerprint density at radius 2 is 1.71 bits per heavy atom. The third kappa shape index (κ3) is 3.76. The predicted molar refractivity (Wildman–Crippen MR) is 123 cm³/mol. The molecular formula is C24H29N5O2. The molecule has 0 saturated heterocycles. The minimum atomic E-state index is -0.195. The first-order valence-electron chi connectivity index (χ1n) is 10.7. The zero-order valence-electron chi connectivity index (χ0n) is 18.7. The Balaban J connectivity index is 1.48. The minimum Gasteiger partial charge on any atom is -0.346 e. The number of nitrogens with zero attached hydrogens (tertiary/aromatic N) is 4. The van der Waals surface area contributed by atoms with Crippen molar-refractivity contribution in [2.24, 2.45) is 14.1 Å². The largest absolute Gasteiger partial charge is 0.346 e. The van der Waals surface area contributed by atoms with Gasteiger partial charge in [0.05, 0.1) is 28.1 Å². The molecule has 0 spiro atoms. The number of para-hydroxylation sites is 2. The number of carbonyl (C=O) groups excluding carboxylic acids is 1. The van der Waals surface area contributed by atoms with Gasteiger partial charge in [0.25, 0.3) is 0 Å². The van der Waals surface area contributed by atoms with Gasteiger partial charge in [-0.15, -0.1) is 0 Å². The Labute approximate surface area is 181 Å². The van der Waals surface area contributed by atoms with Crippen LogP contribution in [0.1, 0.15) is 50.7 Å². The number of nitrogens with one attached hydrogen (secondary N) is 1. The van der Waals surface area contributed by atoms with Crippen LogP contribution in [0.15, 0.2) is 47.3 Å². The number of aryl methyl sites for hydroxylation is 3. The molecule has 1 atom stereocenters. The van der Waals surface area contributed by atoms with Gasteiger partial charge in [0.1, 0.15) is 5.82 Å². The minimum absolute atomic E-state index is 0.0168. The van der Waals surface area contributed by atoms with Gasteiger partial charge < -0.3 is 9.88 Å². The lowest BCUT2D eigenvalue weighted by Gasteiger charge is -2.19. The van der Waals surface area contributed by atoms with Crippen LogP contribution in [0.25, 0.3) is 22.1 Å². The maximum absolute atomic E-state index is 12.7. The van der Waals surface area contributed by atoms with Crippen LogP contribution in [-0.4, -0.2) is 24.6 Å². The summed E-state index contributed by atoms with van der Waals surface area (Å²) in [5, 5.41) is 3.10. The molecule has 7 heteroatoms. The predicted octanol–water partition coefficient (Wildman–Crippen LogP) is 3.62. The Kier molecular flexibility index (Phi) is 5.43. The molecule has 0 bridgehead atoms. The third-order valence-corrected chi connectivity index (χ3v) is 5.88. The SMILES string of the molecule is CC(C)n1c([C@@H](C)NC(=O)CCc2ccc3c(c2)n(C)c(=O)n3C)nc2ccccc21. The highest BCUT2D eigenvalue weighted by Gasteiger charge is 2.20. The van der Waals surface area contributed by atoms with Gasteiger partial charge in [-0.25, -0.2) is 9.78 Å². The molecule has 0 unspecified atom stereocenters. The first-order valence-corrected chi connectivity index (χ1v) is 10.7. The van der Waals surface area contributed by atoms with E-state index in [1.165, 1.54) is 0 Å². The maximum atomic E-state index is 12.7. The summed E-state index contributed by atoms with van der Waals surface area (Å²) in [7, 11) is 3.54. The summed E-state index contributed by atoms with van der Waals surface area (Å²) in [5.74, 6) is 0.849. The summed E-state index contributed by atoms with van der Waals surface area (Å²) in [6.45, 7) is 6.22. The average Bonchev–Trinajstić information content (AvgIpc) is 3.24. The van der Waals surface area contributed by atoms with Crippen LogP contribution in [0.2, 0.25) is 0 Å². The maximum Gasteiger partial charge on any atom is 0.328 e. The number of hydrogen-bond acceptors (Lipinski definition) is 3. The topological polar surface area (TPSA) is 73.8 Å². The molecule has 4 rings (SSSR count). The molecular weight excluding hydrogens is 390 g/mol. The van der Waals surface area contributed by atoms with Crippen molar-refractivity contribution >= 4 is 28.0 Å². The number of amides is 1. The van der Waals surface area contributed by atoms with Crippen molar-refractivity contribution in [2.75, 3.05) is 0 Å². The van der Waals surface area contributed by atoms with Crippen molar-refractivity contribution < 1.29 is 4.79 Å². The van der Waals surface area contributed by atoms with Gasteiger partial charge in [0.2, 0.25) is 5.91 Å². The zero-order chi connectivity index (χ0) is 22.3. The molecule has 2 heterocycles.